The van der Waals surface area contributed by atoms with Crippen LogP contribution in [-0.4, -0.2) is 119 Å². The van der Waals surface area contributed by atoms with Gasteiger partial charge in [0.25, 0.3) is 5.91 Å². The Labute approximate surface area is 358 Å². The van der Waals surface area contributed by atoms with Gasteiger partial charge in [0, 0.05) is 37.8 Å². The molecular weight excluding hydrogens is 803 g/mol. The van der Waals surface area contributed by atoms with Crippen LogP contribution in [0.25, 0.3) is 10.9 Å². The summed E-state index contributed by atoms with van der Waals surface area (Å²) in [5.41, 5.74) is -0.932. The van der Waals surface area contributed by atoms with Crippen LogP contribution in [-0.2, 0) is 35.6 Å². The van der Waals surface area contributed by atoms with Crippen molar-refractivity contribution >= 4 is 44.7 Å². The van der Waals surface area contributed by atoms with Crippen molar-refractivity contribution in [2.75, 3.05) is 26.7 Å². The number of hydrogen-bond acceptors (Lipinski definition) is 12. The predicted molar refractivity (Wildman–Crippen MR) is 226 cm³/mol. The molecule has 3 aliphatic heterocycles. The van der Waals surface area contributed by atoms with Gasteiger partial charge in [0.05, 0.1) is 27.8 Å². The minimum atomic E-state index is -4.01. The van der Waals surface area contributed by atoms with E-state index in [9.17, 15) is 27.6 Å². The number of sulfonamides is 1. The molecule has 0 spiro atoms. The lowest BCUT2D eigenvalue weighted by atomic mass is 9.85. The van der Waals surface area contributed by atoms with E-state index in [1.807, 2.05) is 26.8 Å². The number of aromatic nitrogens is 2. The van der Waals surface area contributed by atoms with Gasteiger partial charge in [-0.3, -0.25) is 24.1 Å². The molecule has 2 aromatic heterocycles. The fourth-order valence-electron chi connectivity index (χ4n) is 9.13. The van der Waals surface area contributed by atoms with Crippen LogP contribution in [0.1, 0.15) is 104 Å². The van der Waals surface area contributed by atoms with E-state index in [-0.39, 0.29) is 37.5 Å². The maximum atomic E-state index is 14.9. The third-order valence-corrected chi connectivity index (χ3v) is 15.9. The van der Waals surface area contributed by atoms with Crippen LogP contribution in [0.2, 0.25) is 0 Å². The number of nitrogens with zero attached hydrogens (tertiary/aromatic N) is 4. The minimum Gasteiger partial charge on any atom is -0.489 e. The SMILES string of the molecule is C=C[C@@H]1C[C@]1(NC(=O)[C@@H]1C[C@@H]2CN1C(=O)[C@H](C(C)(C)C)NC(=O)O[C@H]1CC1CCCCCc1c(nc3ccncc3c1OC1CCN(C)CC1)O2)C(=O)NS(=O)(=O)C1(C)CC1. The van der Waals surface area contributed by atoms with Gasteiger partial charge < -0.3 is 34.6 Å². The first kappa shape index (κ1) is 43.2. The van der Waals surface area contributed by atoms with Crippen LogP contribution < -0.4 is 24.8 Å². The van der Waals surface area contributed by atoms with Crippen LogP contribution >= 0.6 is 0 Å². The van der Waals surface area contributed by atoms with Gasteiger partial charge in [-0.05, 0) is 89.2 Å². The largest absolute Gasteiger partial charge is 0.489 e. The van der Waals surface area contributed by atoms with Crippen LogP contribution in [0.3, 0.4) is 0 Å². The van der Waals surface area contributed by atoms with E-state index in [4.69, 9.17) is 19.2 Å². The maximum absolute atomic E-state index is 14.9. The Morgan fingerprint density at radius 3 is 2.52 bits per heavy atom. The summed E-state index contributed by atoms with van der Waals surface area (Å²) in [5.74, 6) is -1.26. The average Bonchev–Trinajstić information content (AvgIpc) is 4.17. The van der Waals surface area contributed by atoms with Crippen LogP contribution in [0.5, 0.6) is 11.6 Å². The summed E-state index contributed by atoms with van der Waals surface area (Å²) in [5, 5.41) is 6.48. The summed E-state index contributed by atoms with van der Waals surface area (Å²) < 4.78 is 47.1. The molecule has 8 rings (SSSR count). The molecule has 3 saturated carbocycles. The summed E-state index contributed by atoms with van der Waals surface area (Å²) in [7, 11) is -1.91. The average molecular weight is 864 g/mol. The Morgan fingerprint density at radius 2 is 1.84 bits per heavy atom. The van der Waals surface area contributed by atoms with Crippen molar-refractivity contribution in [2.45, 2.75) is 145 Å². The number of carbonyl (C=O) groups is 4. The van der Waals surface area contributed by atoms with Crippen molar-refractivity contribution in [3.63, 3.8) is 0 Å². The third kappa shape index (κ3) is 8.91. The van der Waals surface area contributed by atoms with E-state index in [1.165, 1.54) is 11.0 Å². The molecule has 2 aromatic rings. The highest BCUT2D eigenvalue weighted by Gasteiger charge is 2.63. The highest BCUT2D eigenvalue weighted by Crippen LogP contribution is 2.47. The van der Waals surface area contributed by atoms with E-state index >= 15 is 0 Å². The van der Waals surface area contributed by atoms with Crippen LogP contribution in [0, 0.1) is 17.3 Å². The summed E-state index contributed by atoms with van der Waals surface area (Å²) >= 11 is 0. The highest BCUT2D eigenvalue weighted by atomic mass is 32.2. The van der Waals surface area contributed by atoms with Gasteiger partial charge in [0.1, 0.15) is 41.7 Å². The van der Waals surface area contributed by atoms with Crippen molar-refractivity contribution < 1.29 is 41.8 Å². The quantitative estimate of drug-likeness (QED) is 0.321. The van der Waals surface area contributed by atoms with Gasteiger partial charge in [-0.2, -0.15) is 0 Å². The van der Waals surface area contributed by atoms with Crippen LogP contribution in [0.15, 0.2) is 31.1 Å². The Bertz CT molecular complexity index is 2180. The van der Waals surface area contributed by atoms with Crippen molar-refractivity contribution in [3.8, 4) is 11.6 Å². The van der Waals surface area contributed by atoms with Crippen LogP contribution in [0.4, 0.5) is 4.79 Å². The number of pyridine rings is 2. The number of piperidine rings is 1. The molecule has 5 heterocycles. The van der Waals surface area contributed by atoms with Gasteiger partial charge in [-0.15, -0.1) is 6.58 Å². The van der Waals surface area contributed by atoms with Gasteiger partial charge >= 0.3 is 6.09 Å². The number of hydrogen-bond donors (Lipinski definition) is 3. The molecule has 2 saturated heterocycles. The Morgan fingerprint density at radius 1 is 1.08 bits per heavy atom. The number of fused-ring (bicyclic) bond motifs is 5. The summed E-state index contributed by atoms with van der Waals surface area (Å²) in [4.78, 5) is 69.8. The first-order valence-corrected chi connectivity index (χ1v) is 23.5. The minimum absolute atomic E-state index is 0.0170. The molecule has 17 heteroatoms. The second-order valence-corrected chi connectivity index (χ2v) is 21.8. The van der Waals surface area contributed by atoms with Crippen molar-refractivity contribution in [2.24, 2.45) is 17.3 Å². The molecule has 2 bridgehead atoms. The molecule has 3 aliphatic carbocycles. The van der Waals surface area contributed by atoms with Crippen molar-refractivity contribution in [1.29, 1.82) is 0 Å². The zero-order chi connectivity index (χ0) is 43.5. The third-order valence-electron chi connectivity index (χ3n) is 13.7. The molecular formula is C44H61N7O9S. The number of likely N-dealkylation sites (tertiary alicyclic amines) is 1. The van der Waals surface area contributed by atoms with Gasteiger partial charge in [0.2, 0.25) is 27.7 Å². The first-order valence-electron chi connectivity index (χ1n) is 22.0. The Kier molecular flexibility index (Phi) is 11.5. The summed E-state index contributed by atoms with van der Waals surface area (Å²) in [6.07, 6.45) is 11.0. The molecule has 5 fully saturated rings. The molecule has 4 amide bonds. The van der Waals surface area contributed by atoms with E-state index in [1.54, 1.807) is 19.3 Å². The molecule has 1 unspecified atom stereocenters. The molecule has 3 N–H and O–H groups in total. The molecule has 6 aliphatic rings. The highest BCUT2D eigenvalue weighted by molar-refractivity contribution is 7.91. The van der Waals surface area contributed by atoms with Gasteiger partial charge in [-0.1, -0.05) is 39.7 Å². The Balaban J connectivity index is 1.14. The van der Waals surface area contributed by atoms with E-state index < -0.39 is 73.6 Å². The summed E-state index contributed by atoms with van der Waals surface area (Å²) in [6.45, 7) is 12.7. The topological polar surface area (TPSA) is 198 Å². The zero-order valence-electron chi connectivity index (χ0n) is 36.0. The zero-order valence-corrected chi connectivity index (χ0v) is 36.9. The number of amides is 4. The smallest absolute Gasteiger partial charge is 0.408 e. The van der Waals surface area contributed by atoms with E-state index in [0.29, 0.717) is 36.4 Å². The lowest BCUT2D eigenvalue weighted by Crippen LogP contribution is -2.60. The predicted octanol–water partition coefficient (Wildman–Crippen LogP) is 4.16. The molecule has 332 valence electrons. The second-order valence-electron chi connectivity index (χ2n) is 19.6. The fourth-order valence-corrected chi connectivity index (χ4v) is 10.4. The lowest BCUT2D eigenvalue weighted by molar-refractivity contribution is -0.142. The molecule has 16 nitrogen and oxygen atoms in total. The van der Waals surface area contributed by atoms with Gasteiger partial charge in [0.15, 0.2) is 0 Å². The first-order chi connectivity index (χ1) is 28.9. The molecule has 0 radical (unpaired) electrons. The number of nitrogens with one attached hydrogen (secondary N) is 3. The van der Waals surface area contributed by atoms with E-state index in [2.05, 4.69) is 38.9 Å². The normalized spacial score (nSPS) is 30.9. The monoisotopic (exact) mass is 863 g/mol. The molecule has 61 heavy (non-hydrogen) atoms. The fraction of sp³-hybridized carbons (Fsp3) is 0.682. The lowest BCUT2D eigenvalue weighted by Gasteiger charge is -2.35. The number of ether oxygens (including phenoxy) is 3. The molecule has 0 aromatic carbocycles. The number of rotatable bonds is 8. The number of carbonyl (C=O) groups excluding carboxylic acids is 4. The second kappa shape index (κ2) is 16.3. The van der Waals surface area contributed by atoms with Crippen molar-refractivity contribution in [3.05, 3.63) is 36.7 Å². The molecule has 7 atom stereocenters. The maximum Gasteiger partial charge on any atom is 0.408 e. The van der Waals surface area contributed by atoms with Crippen molar-refractivity contribution in [1.82, 2.24) is 35.1 Å². The van der Waals surface area contributed by atoms with E-state index in [0.717, 1.165) is 69.0 Å². The standard InChI is InChI=1S/C44H61N7O9S/c1-7-27-23-44(27,40(54)49-61(56,57)43(5)16-17-43)48-37(52)33-22-29-25-51(33)39(53)36(42(2,3)4)47-41(55)60-34-21-26(34)11-9-8-10-12-30-35(58-28-14-19-50(6)20-15-28)31-24-45-18-13-32(31)46-38(30)59-29/h7,13,18,24,26-29,33-34,36H,1,8-12,14-17,19-23,25H2,2-6H3,(H,47,55)(H,48,52)(H,49,54)/t26?,27-,29-,33+,34+,36-,44-/m1/s1. The Hall–Kier alpha value is -4.51. The number of alkyl carbamates (subject to hydrolysis) is 1. The summed E-state index contributed by atoms with van der Waals surface area (Å²) in [6, 6.07) is -0.436. The van der Waals surface area contributed by atoms with Gasteiger partial charge in [-0.25, -0.2) is 18.2 Å².